The lowest BCUT2D eigenvalue weighted by molar-refractivity contribution is -0.116. The van der Waals surface area contributed by atoms with Gasteiger partial charge < -0.3 is 15.5 Å². The molecule has 1 aliphatic heterocycles. The maximum Gasteiger partial charge on any atom is 0.254 e. The van der Waals surface area contributed by atoms with Crippen molar-refractivity contribution in [3.05, 3.63) is 59.7 Å². The quantitative estimate of drug-likeness (QED) is 0.659. The van der Waals surface area contributed by atoms with Crippen LogP contribution in [0.3, 0.4) is 0 Å². The fourth-order valence-electron chi connectivity index (χ4n) is 3.92. The minimum absolute atomic E-state index is 0.0403. The lowest BCUT2D eigenvalue weighted by atomic mass is 10.2. The summed E-state index contributed by atoms with van der Waals surface area (Å²) in [5.74, 6) is -1.72. The standard InChI is InChI=1S/C24H28F2N4O2/c25-18-6-7-21(22(26)14-18)24(32)27-9-8-23(31)28-19-2-1-3-20(15-19)30-12-10-29(11-13-30)16-17-4-5-17/h1-3,6-7,14-15,17H,4-5,8-13,16H2,(H,27,32)(H,28,31). The highest BCUT2D eigenvalue weighted by atomic mass is 19.1. The summed E-state index contributed by atoms with van der Waals surface area (Å²) in [5, 5.41) is 5.33. The van der Waals surface area contributed by atoms with Crippen molar-refractivity contribution in [1.82, 2.24) is 10.2 Å². The van der Waals surface area contributed by atoms with Crippen LogP contribution < -0.4 is 15.5 Å². The molecule has 6 nitrogen and oxygen atoms in total. The number of nitrogens with one attached hydrogen (secondary N) is 2. The van der Waals surface area contributed by atoms with Crippen molar-refractivity contribution in [2.45, 2.75) is 19.3 Å². The Labute approximate surface area is 186 Å². The Kier molecular flexibility index (Phi) is 6.99. The predicted molar refractivity (Wildman–Crippen MR) is 120 cm³/mol. The Morgan fingerprint density at radius 2 is 1.78 bits per heavy atom. The largest absolute Gasteiger partial charge is 0.369 e. The van der Waals surface area contributed by atoms with Crippen LogP contribution in [0.25, 0.3) is 0 Å². The van der Waals surface area contributed by atoms with E-state index in [-0.39, 0.29) is 24.4 Å². The normalized spacial score (nSPS) is 16.6. The van der Waals surface area contributed by atoms with Gasteiger partial charge in [-0.25, -0.2) is 8.78 Å². The molecule has 32 heavy (non-hydrogen) atoms. The van der Waals surface area contributed by atoms with Gasteiger partial charge >= 0.3 is 0 Å². The molecule has 1 saturated carbocycles. The first-order valence-corrected chi connectivity index (χ1v) is 11.1. The zero-order chi connectivity index (χ0) is 22.5. The summed E-state index contributed by atoms with van der Waals surface area (Å²) in [4.78, 5) is 29.1. The molecule has 2 N–H and O–H groups in total. The molecule has 0 atom stereocenters. The molecule has 2 fully saturated rings. The molecule has 4 rings (SSSR count). The van der Waals surface area contributed by atoms with Gasteiger partial charge in [-0.15, -0.1) is 0 Å². The summed E-state index contributed by atoms with van der Waals surface area (Å²) < 4.78 is 26.6. The van der Waals surface area contributed by atoms with Crippen molar-refractivity contribution in [3.63, 3.8) is 0 Å². The van der Waals surface area contributed by atoms with E-state index in [9.17, 15) is 18.4 Å². The number of hydrogen-bond donors (Lipinski definition) is 2. The van der Waals surface area contributed by atoms with Crippen LogP contribution in [0, 0.1) is 17.6 Å². The molecule has 2 aliphatic rings. The van der Waals surface area contributed by atoms with Crippen LogP contribution >= 0.6 is 0 Å². The molecule has 0 radical (unpaired) electrons. The number of rotatable bonds is 8. The molecule has 0 aromatic heterocycles. The fourth-order valence-corrected chi connectivity index (χ4v) is 3.92. The number of amides is 2. The maximum absolute atomic E-state index is 13.7. The van der Waals surface area contributed by atoms with Gasteiger partial charge in [0, 0.05) is 63.1 Å². The van der Waals surface area contributed by atoms with Crippen LogP contribution in [0.1, 0.15) is 29.6 Å². The zero-order valence-corrected chi connectivity index (χ0v) is 17.9. The molecule has 2 aromatic carbocycles. The van der Waals surface area contributed by atoms with Gasteiger partial charge in [-0.2, -0.15) is 0 Å². The third kappa shape index (κ3) is 6.03. The van der Waals surface area contributed by atoms with Gasteiger partial charge in [0.25, 0.3) is 5.91 Å². The third-order valence-corrected chi connectivity index (χ3v) is 5.89. The van der Waals surface area contributed by atoms with Gasteiger partial charge in [0.15, 0.2) is 0 Å². The van der Waals surface area contributed by atoms with Gasteiger partial charge in [0.05, 0.1) is 5.56 Å². The lowest BCUT2D eigenvalue weighted by Crippen LogP contribution is -2.47. The molecule has 2 aromatic rings. The summed E-state index contributed by atoms with van der Waals surface area (Å²) in [7, 11) is 0. The van der Waals surface area contributed by atoms with Crippen LogP contribution in [0.15, 0.2) is 42.5 Å². The molecule has 1 aliphatic carbocycles. The van der Waals surface area contributed by atoms with Gasteiger partial charge in [-0.05, 0) is 49.1 Å². The Morgan fingerprint density at radius 3 is 2.50 bits per heavy atom. The molecule has 0 spiro atoms. The van der Waals surface area contributed by atoms with Crippen molar-refractivity contribution in [2.75, 3.05) is 49.5 Å². The number of carbonyl (C=O) groups is 2. The second-order valence-electron chi connectivity index (χ2n) is 8.46. The number of carbonyl (C=O) groups excluding carboxylic acids is 2. The van der Waals surface area contributed by atoms with E-state index in [2.05, 4.69) is 20.4 Å². The highest BCUT2D eigenvalue weighted by Crippen LogP contribution is 2.30. The molecule has 1 saturated heterocycles. The Hall–Kier alpha value is -3.00. The van der Waals surface area contributed by atoms with E-state index in [0.29, 0.717) is 11.8 Å². The van der Waals surface area contributed by atoms with Gasteiger partial charge in [-0.3, -0.25) is 14.5 Å². The van der Waals surface area contributed by atoms with E-state index in [1.807, 2.05) is 24.3 Å². The van der Waals surface area contributed by atoms with Crippen molar-refractivity contribution in [2.24, 2.45) is 5.92 Å². The number of halogens is 2. The molecule has 8 heteroatoms. The van der Waals surface area contributed by atoms with Crippen molar-refractivity contribution in [1.29, 1.82) is 0 Å². The number of benzene rings is 2. The highest BCUT2D eigenvalue weighted by molar-refractivity contribution is 5.95. The molecule has 0 unspecified atom stereocenters. The van der Waals surface area contributed by atoms with Crippen LogP contribution in [-0.4, -0.2) is 56.0 Å². The van der Waals surface area contributed by atoms with E-state index in [1.54, 1.807) is 0 Å². The van der Waals surface area contributed by atoms with E-state index in [1.165, 1.54) is 19.4 Å². The van der Waals surface area contributed by atoms with Crippen LogP contribution in [0.4, 0.5) is 20.2 Å². The fraction of sp³-hybridized carbons (Fsp3) is 0.417. The molecule has 1 heterocycles. The van der Waals surface area contributed by atoms with Crippen molar-refractivity contribution in [3.8, 4) is 0 Å². The first-order chi connectivity index (χ1) is 15.5. The molecule has 170 valence electrons. The third-order valence-electron chi connectivity index (χ3n) is 5.89. The highest BCUT2D eigenvalue weighted by Gasteiger charge is 2.26. The van der Waals surface area contributed by atoms with Crippen LogP contribution in [0.5, 0.6) is 0 Å². The number of piperazine rings is 1. The average molecular weight is 443 g/mol. The summed E-state index contributed by atoms with van der Waals surface area (Å²) in [6, 6.07) is 10.5. The van der Waals surface area contributed by atoms with E-state index < -0.39 is 17.5 Å². The van der Waals surface area contributed by atoms with Gasteiger partial charge in [-0.1, -0.05) is 6.07 Å². The van der Waals surface area contributed by atoms with Crippen LogP contribution in [-0.2, 0) is 4.79 Å². The topological polar surface area (TPSA) is 64.7 Å². The summed E-state index contributed by atoms with van der Waals surface area (Å²) in [6.07, 6.45) is 2.78. The number of nitrogens with zero attached hydrogens (tertiary/aromatic N) is 2. The molecule has 0 bridgehead atoms. The first-order valence-electron chi connectivity index (χ1n) is 11.1. The Morgan fingerprint density at radius 1 is 1.00 bits per heavy atom. The van der Waals surface area contributed by atoms with E-state index in [0.717, 1.165) is 49.9 Å². The summed E-state index contributed by atoms with van der Waals surface area (Å²) in [5.41, 5.74) is 1.52. The second kappa shape index (κ2) is 10.1. The smallest absolute Gasteiger partial charge is 0.254 e. The predicted octanol–water partition coefficient (Wildman–Crippen LogP) is 3.26. The number of hydrogen-bond acceptors (Lipinski definition) is 4. The average Bonchev–Trinajstić information content (AvgIpc) is 3.58. The summed E-state index contributed by atoms with van der Waals surface area (Å²) >= 11 is 0. The maximum atomic E-state index is 13.7. The monoisotopic (exact) mass is 442 g/mol. The van der Waals surface area contributed by atoms with Gasteiger partial charge in [0.1, 0.15) is 11.6 Å². The van der Waals surface area contributed by atoms with Crippen molar-refractivity contribution < 1.29 is 18.4 Å². The lowest BCUT2D eigenvalue weighted by Gasteiger charge is -2.36. The van der Waals surface area contributed by atoms with E-state index in [4.69, 9.17) is 0 Å². The Balaban J connectivity index is 1.22. The minimum atomic E-state index is -0.933. The zero-order valence-electron chi connectivity index (χ0n) is 17.9. The molecular formula is C24H28F2N4O2. The minimum Gasteiger partial charge on any atom is -0.369 e. The first kappa shape index (κ1) is 22.2. The molecule has 2 amide bonds. The number of anilines is 2. The molecular weight excluding hydrogens is 414 g/mol. The van der Waals surface area contributed by atoms with E-state index >= 15 is 0 Å². The SMILES string of the molecule is O=C(CCNC(=O)c1ccc(F)cc1F)Nc1cccc(N2CCN(CC3CC3)CC2)c1. The summed E-state index contributed by atoms with van der Waals surface area (Å²) in [6.45, 7) is 5.31. The van der Waals surface area contributed by atoms with Gasteiger partial charge in [0.2, 0.25) is 5.91 Å². The van der Waals surface area contributed by atoms with Crippen molar-refractivity contribution >= 4 is 23.2 Å². The second-order valence-corrected chi connectivity index (χ2v) is 8.46. The Bertz CT molecular complexity index is 972. The van der Waals surface area contributed by atoms with Crippen LogP contribution in [0.2, 0.25) is 0 Å².